The Hall–Kier alpha value is 0.00870. The van der Waals surface area contributed by atoms with E-state index in [-0.39, 0.29) is 6.01 Å². The fourth-order valence-electron chi connectivity index (χ4n) is 3.00. The van der Waals surface area contributed by atoms with Gasteiger partial charge in [0.1, 0.15) is 0 Å². The summed E-state index contributed by atoms with van der Waals surface area (Å²) < 4.78 is 23.9. The van der Waals surface area contributed by atoms with Crippen molar-refractivity contribution in [2.24, 2.45) is 0 Å². The van der Waals surface area contributed by atoms with Crippen LogP contribution >= 0.6 is 0 Å². The fourth-order valence-corrected chi connectivity index (χ4v) is 18.8. The fraction of sp³-hybridized carbons (Fsp3) is 0.750. The van der Waals surface area contributed by atoms with Gasteiger partial charge in [0.2, 0.25) is 0 Å². The second-order valence-electron chi connectivity index (χ2n) is 5.70. The average Bonchev–Trinajstić information content (AvgIpc) is 2.85. The molecule has 0 spiro atoms. The zero-order valence-electron chi connectivity index (χ0n) is 12.8. The van der Waals surface area contributed by atoms with Crippen LogP contribution in [-0.2, 0) is 0 Å². The summed E-state index contributed by atoms with van der Waals surface area (Å²) >= 11 is -2.56. The summed E-state index contributed by atoms with van der Waals surface area (Å²) in [4.78, 5) is 0. The molecule has 19 heavy (non-hydrogen) atoms. The molecule has 3 heteroatoms. The Morgan fingerprint density at radius 2 is 1.42 bits per heavy atom. The van der Waals surface area contributed by atoms with Gasteiger partial charge in [-0.1, -0.05) is 0 Å². The molecule has 0 bridgehead atoms. The van der Waals surface area contributed by atoms with Gasteiger partial charge in [-0.3, -0.25) is 0 Å². The Bertz CT molecular complexity index is 326. The molecule has 0 radical (unpaired) electrons. The summed E-state index contributed by atoms with van der Waals surface area (Å²) in [5.41, 5.74) is 0. The zero-order valence-corrected chi connectivity index (χ0v) is 15.7. The standard InChI is InChI=1S/C4H2FO.3C4H9.Sn/c5-4-2-1-3-6-4;3*1-3-4-2;/h1,3H;3*1,3-4H2,2H3;. The Balaban J connectivity index is 2.97. The minimum atomic E-state index is -2.56. The zero-order chi connectivity index (χ0) is 14.1. The first-order valence-electron chi connectivity index (χ1n) is 7.93. The van der Waals surface area contributed by atoms with E-state index >= 15 is 0 Å². The van der Waals surface area contributed by atoms with E-state index in [0.717, 1.165) is 3.58 Å². The van der Waals surface area contributed by atoms with Crippen LogP contribution in [0.3, 0.4) is 0 Å². The molecule has 1 aromatic heterocycles. The van der Waals surface area contributed by atoms with Gasteiger partial charge in [-0.2, -0.15) is 0 Å². The van der Waals surface area contributed by atoms with Gasteiger partial charge in [-0.05, 0) is 0 Å². The van der Waals surface area contributed by atoms with E-state index in [9.17, 15) is 4.39 Å². The molecule has 0 saturated carbocycles. The van der Waals surface area contributed by atoms with Gasteiger partial charge in [-0.15, -0.1) is 0 Å². The third-order valence-corrected chi connectivity index (χ3v) is 19.7. The number of halogens is 1. The second-order valence-corrected chi connectivity index (χ2v) is 18.8. The first kappa shape index (κ1) is 17.1. The van der Waals surface area contributed by atoms with E-state index < -0.39 is 18.4 Å². The molecule has 0 amide bonds. The average molecular weight is 375 g/mol. The van der Waals surface area contributed by atoms with Crippen molar-refractivity contribution in [1.29, 1.82) is 0 Å². The summed E-state index contributed by atoms with van der Waals surface area (Å²) in [6, 6.07) is 1.69. The normalized spacial score (nSPS) is 12.0. The SMILES string of the molecule is CCC[CH2][Sn]([CH2]CCC)([CH2]CCC)[c]1ccoc1F. The summed E-state index contributed by atoms with van der Waals surface area (Å²) in [6.07, 6.45) is 8.99. The van der Waals surface area contributed by atoms with Gasteiger partial charge in [-0.25, -0.2) is 0 Å². The van der Waals surface area contributed by atoms with Crippen LogP contribution in [0.15, 0.2) is 16.7 Å². The molecule has 110 valence electrons. The number of hydrogen-bond acceptors (Lipinski definition) is 1. The number of furan rings is 1. The molecule has 0 aliphatic heterocycles. The maximum absolute atomic E-state index is 14.0. The predicted octanol–water partition coefficient (Wildman–Crippen LogP) is 5.47. The molecule has 0 unspecified atom stereocenters. The molecule has 0 atom stereocenters. The quantitative estimate of drug-likeness (QED) is 0.494. The first-order chi connectivity index (χ1) is 9.20. The summed E-state index contributed by atoms with van der Waals surface area (Å²) in [6.45, 7) is 6.71. The van der Waals surface area contributed by atoms with E-state index in [1.807, 2.05) is 6.07 Å². The van der Waals surface area contributed by atoms with E-state index in [2.05, 4.69) is 20.8 Å². The molecular weight excluding hydrogens is 346 g/mol. The van der Waals surface area contributed by atoms with Gasteiger partial charge in [0.15, 0.2) is 0 Å². The predicted molar refractivity (Wildman–Crippen MR) is 83.2 cm³/mol. The molecule has 0 aromatic carbocycles. The van der Waals surface area contributed by atoms with Crippen molar-refractivity contribution in [3.05, 3.63) is 18.3 Å². The third kappa shape index (κ3) is 4.80. The van der Waals surface area contributed by atoms with Crippen molar-refractivity contribution in [3.8, 4) is 0 Å². The van der Waals surface area contributed by atoms with Crippen molar-refractivity contribution < 1.29 is 8.81 Å². The van der Waals surface area contributed by atoms with Crippen molar-refractivity contribution in [2.45, 2.75) is 72.6 Å². The Morgan fingerprint density at radius 3 is 1.74 bits per heavy atom. The topological polar surface area (TPSA) is 13.1 Å². The molecule has 0 saturated heterocycles. The second kappa shape index (κ2) is 9.04. The molecule has 0 N–H and O–H groups in total. The van der Waals surface area contributed by atoms with Gasteiger partial charge in [0.25, 0.3) is 0 Å². The van der Waals surface area contributed by atoms with Gasteiger partial charge in [0.05, 0.1) is 0 Å². The first-order valence-corrected chi connectivity index (χ1v) is 15.4. The molecule has 1 heterocycles. The van der Waals surface area contributed by atoms with Crippen LogP contribution in [0.1, 0.15) is 59.3 Å². The summed E-state index contributed by atoms with van der Waals surface area (Å²) in [5.74, 6) is 0. The minimum absolute atomic E-state index is 0.265. The van der Waals surface area contributed by atoms with Crippen LogP contribution in [0, 0.1) is 6.01 Å². The summed E-state index contributed by atoms with van der Waals surface area (Å²) in [7, 11) is 0. The molecule has 1 nitrogen and oxygen atoms in total. The van der Waals surface area contributed by atoms with E-state index in [0.29, 0.717) is 0 Å². The van der Waals surface area contributed by atoms with Crippen LogP contribution in [-0.4, -0.2) is 18.4 Å². The Kier molecular flexibility index (Phi) is 8.12. The van der Waals surface area contributed by atoms with Gasteiger partial charge in [0, 0.05) is 0 Å². The van der Waals surface area contributed by atoms with E-state index in [1.165, 1.54) is 51.8 Å². The van der Waals surface area contributed by atoms with Crippen LogP contribution in [0.25, 0.3) is 0 Å². The summed E-state index contributed by atoms with van der Waals surface area (Å²) in [5, 5.41) is 0. The molecule has 0 fully saturated rings. The van der Waals surface area contributed by atoms with E-state index in [1.54, 1.807) is 6.26 Å². The third-order valence-electron chi connectivity index (χ3n) is 4.22. The molecule has 1 aromatic rings. The monoisotopic (exact) mass is 376 g/mol. The van der Waals surface area contributed by atoms with Crippen molar-refractivity contribution in [3.63, 3.8) is 0 Å². The number of unbranched alkanes of at least 4 members (excludes halogenated alkanes) is 3. The van der Waals surface area contributed by atoms with Crippen molar-refractivity contribution >= 4 is 22.0 Å². The van der Waals surface area contributed by atoms with Crippen molar-refractivity contribution in [1.82, 2.24) is 0 Å². The Labute approximate surface area is 121 Å². The van der Waals surface area contributed by atoms with Crippen LogP contribution in [0.4, 0.5) is 4.39 Å². The van der Waals surface area contributed by atoms with Gasteiger partial charge < -0.3 is 0 Å². The number of hydrogen-bond donors (Lipinski definition) is 0. The van der Waals surface area contributed by atoms with Crippen LogP contribution < -0.4 is 3.58 Å². The Morgan fingerprint density at radius 1 is 0.947 bits per heavy atom. The maximum atomic E-state index is 14.0. The van der Waals surface area contributed by atoms with Gasteiger partial charge >= 0.3 is 122 Å². The van der Waals surface area contributed by atoms with Crippen LogP contribution in [0.2, 0.25) is 13.3 Å². The molecule has 0 aliphatic rings. The molecule has 0 aliphatic carbocycles. The van der Waals surface area contributed by atoms with Crippen LogP contribution in [0.5, 0.6) is 0 Å². The molecule has 1 rings (SSSR count). The molecular formula is C16H29FOSn. The van der Waals surface area contributed by atoms with Crippen molar-refractivity contribution in [2.75, 3.05) is 0 Å². The van der Waals surface area contributed by atoms with E-state index in [4.69, 9.17) is 4.42 Å². The number of rotatable bonds is 10.